The molecule has 145 heavy (non-hydrogen) atoms. The average molecular weight is 2050 g/mol. The molecule has 18 heterocycles. The van der Waals surface area contributed by atoms with E-state index in [0.717, 1.165) is 244 Å². The van der Waals surface area contributed by atoms with Crippen LogP contribution in [0, 0.1) is 12.7 Å². The first-order valence-electron chi connectivity index (χ1n) is 49.5. The normalized spacial score (nSPS) is 17.7. The summed E-state index contributed by atoms with van der Waals surface area (Å²) < 4.78 is 19.3. The fourth-order valence-electron chi connectivity index (χ4n) is 20.0. The second-order valence-electron chi connectivity index (χ2n) is 37.0. The number of H-pyrrole nitrogens is 6. The Kier molecular flexibility index (Phi) is 33.1. The molecule has 7 aliphatic rings. The van der Waals surface area contributed by atoms with Crippen LogP contribution in [-0.4, -0.2) is 197 Å². The number of aryl methyl sites for hydroxylation is 1. The number of hydrogen-bond acceptors (Lipinski definition) is 19. The van der Waals surface area contributed by atoms with Gasteiger partial charge < -0.3 is 34.1 Å². The molecule has 17 aromatic rings. The molecule has 1 aliphatic carbocycles. The summed E-state index contributed by atoms with van der Waals surface area (Å²) in [6.45, 7) is 8.47. The lowest BCUT2D eigenvalue weighted by Crippen LogP contribution is -2.44. The highest BCUT2D eigenvalue weighted by Gasteiger charge is 2.37. The molecule has 6 aliphatic heterocycles. The minimum Gasteiger partial charge on any atom is -0.489 e. The zero-order valence-electron chi connectivity index (χ0n) is 80.4. The fraction of sp³-hybridized carbons (Fsp3) is 0.274. The molecule has 0 spiro atoms. The number of likely N-dealkylation sites (tertiary alicyclic amines) is 6. The maximum absolute atomic E-state index is 13.2. The number of aromatic amines is 6. The smallest absolute Gasteiger partial charge is 0.255 e. The van der Waals surface area contributed by atoms with Crippen LogP contribution in [0.15, 0.2) is 306 Å². The van der Waals surface area contributed by atoms with Gasteiger partial charge in [0.2, 0.25) is 0 Å². The van der Waals surface area contributed by atoms with Crippen LogP contribution in [-0.2, 0) is 6.42 Å². The lowest BCUT2D eigenvalue weighted by molar-refractivity contribution is 0.0537. The first kappa shape index (κ1) is 99.3. The first-order chi connectivity index (χ1) is 71.2. The van der Waals surface area contributed by atoms with E-state index in [2.05, 4.69) is 170 Å². The molecule has 6 N–H and O–H groups in total. The largest absolute Gasteiger partial charge is 0.489 e. The van der Waals surface area contributed by atoms with Gasteiger partial charge in [-0.3, -0.25) is 59.4 Å². The van der Waals surface area contributed by atoms with Gasteiger partial charge in [0.1, 0.15) is 17.7 Å². The van der Waals surface area contributed by atoms with Gasteiger partial charge in [-0.15, -0.1) is 68.0 Å². The Morgan fingerprint density at radius 1 is 0.366 bits per heavy atom. The predicted molar refractivity (Wildman–Crippen MR) is 575 cm³/mol. The number of piperidine rings is 4. The highest BCUT2D eigenvalue weighted by Crippen LogP contribution is 2.42. The molecule has 12 aromatic heterocycles. The summed E-state index contributed by atoms with van der Waals surface area (Å²) in [4.78, 5) is 96.0. The third-order valence-corrected chi connectivity index (χ3v) is 33.4. The molecular weight excluding hydrogens is 1930 g/mol. The molecule has 6 fully saturated rings. The van der Waals surface area contributed by atoms with Crippen LogP contribution >= 0.6 is 68.0 Å². The number of halogens is 1. The summed E-state index contributed by atoms with van der Waals surface area (Å²) in [6.07, 6.45) is 44.8. The summed E-state index contributed by atoms with van der Waals surface area (Å²) in [6, 6.07) is 58.4. The molecule has 740 valence electrons. The van der Waals surface area contributed by atoms with Crippen molar-refractivity contribution in [3.8, 4) is 68.4 Å². The van der Waals surface area contributed by atoms with E-state index < -0.39 is 0 Å². The molecule has 24 rings (SSSR count). The van der Waals surface area contributed by atoms with E-state index in [4.69, 9.17) is 4.74 Å². The van der Waals surface area contributed by atoms with E-state index in [1.165, 1.54) is 46.4 Å². The predicted octanol–water partition coefficient (Wildman–Crippen LogP) is 25.1. The maximum Gasteiger partial charge on any atom is 0.255 e. The Morgan fingerprint density at radius 2 is 0.752 bits per heavy atom. The van der Waals surface area contributed by atoms with Gasteiger partial charge in [0.25, 0.3) is 35.4 Å². The van der Waals surface area contributed by atoms with E-state index >= 15 is 0 Å². The number of carbonyl (C=O) groups is 6. The topological polar surface area (TPSA) is 303 Å². The first-order valence-corrected chi connectivity index (χ1v) is 54.7. The number of rotatable bonds is 20. The van der Waals surface area contributed by atoms with E-state index in [1.54, 1.807) is 117 Å². The Morgan fingerprint density at radius 3 is 1.21 bits per heavy atom. The van der Waals surface area contributed by atoms with E-state index in [9.17, 15) is 33.2 Å². The molecule has 5 unspecified atom stereocenters. The van der Waals surface area contributed by atoms with Crippen molar-refractivity contribution in [2.24, 2.45) is 0 Å². The van der Waals surface area contributed by atoms with E-state index in [-0.39, 0.29) is 65.5 Å². The molecule has 5 aromatic carbocycles. The molecule has 0 bridgehead atoms. The number of thiophene rings is 6. The number of carbonyl (C=O) groups excluding carboxylic acids is 6. The quantitative estimate of drug-likeness (QED) is 0.0414. The minimum absolute atomic E-state index is 0.0131. The Balaban J connectivity index is 0.000000110. The lowest BCUT2D eigenvalue weighted by Gasteiger charge is -2.36. The van der Waals surface area contributed by atoms with Crippen molar-refractivity contribution in [3.05, 3.63) is 373 Å². The van der Waals surface area contributed by atoms with Crippen molar-refractivity contribution in [2.45, 2.75) is 146 Å². The number of ether oxygens (including phenoxy) is 1. The SMILES string of the molecule is Cc1ccccc1C1CCCN1C(=O)c1csc(-c2cn[nH]c2)c1.O=C(c1csc(-c2cn[nH]c2)c1)N1CCC(c2ccccc2)CC1.O=C(c1csc(-c2cn[nH]c2)c1)N1CCCC(Oc2ccccc2)C1.O=C(c1csc(-c2cn[nH]c2)c1)N1CCCC1C1=CC=CC1.O=C(c1csc(-c2cn[nH]c2)c1)N1CCCCC1Cc1ccccc1.O=C(c1csc(-c2cn[nH]c2)c1)N1CCCCC1c1ccc(F)cc1. The number of para-hydroxylation sites is 1. The molecule has 0 radical (unpaired) electrons. The number of nitrogens with one attached hydrogen (secondary N) is 6. The standard InChI is InChI=1S/C20H21N3OS.C19H18FN3OS.C19H19N3O2S.2C19H19N3OS.C17H17N3OS/c24-20(16-11-19(25-14-16)17-12-21-22-13-17)23-9-5-4-8-18(23)10-15-6-2-1-3-7-15;20-16-6-4-13(5-7-16)17-3-1-2-8-23(17)19(24)14-9-18(25-12-14)15-10-21-22-11-15;23-19(14-9-18(25-13-14)15-10-20-21-11-15)22-8-4-7-17(12-22)24-16-5-2-1-3-6-16;1-13-5-2-3-6-16(13)17-7-4-8-22(17)19(23)14-9-18(24-12-14)15-10-20-21-11-15;23-19(16-10-18(24-13-16)17-11-20-21-12-17)22-8-6-15(7-9-22)14-4-2-1-3-5-14;21-17(13-8-16(22-11-13)14-9-18-19-10-14)20-7-3-6-15(20)12-4-1-2-5-12/h1-3,6-7,11-14,18H,4-5,8-10H2,(H,21,22);4-7,9-12,17H,1-3,8H2,(H,21,22);1-3,5-6,9-11,13,17H,4,7-8,12H2,(H,20,21);2-3,5-6,9-12,17H,4,7-8H2,1H3,(H,20,21);1-5,10-13,15H,6-9H2,(H,20,21);1-2,4,8-11,15H,3,5-7H2,(H,18,19). The third-order valence-electron chi connectivity index (χ3n) is 27.6. The van der Waals surface area contributed by atoms with Crippen molar-refractivity contribution in [3.63, 3.8) is 0 Å². The lowest BCUT2D eigenvalue weighted by atomic mass is 9.89. The molecule has 5 atom stereocenters. The fourth-order valence-corrected chi connectivity index (χ4v) is 25.2. The Bertz CT molecular complexity index is 7090. The molecule has 6 saturated heterocycles. The second kappa shape index (κ2) is 48.3. The van der Waals surface area contributed by atoms with Crippen LogP contribution < -0.4 is 4.74 Å². The molecule has 32 heteroatoms. The molecule has 0 saturated carbocycles. The van der Waals surface area contributed by atoms with Gasteiger partial charge in [0.15, 0.2) is 0 Å². The van der Waals surface area contributed by atoms with E-state index in [0.29, 0.717) is 24.1 Å². The maximum atomic E-state index is 13.2. The van der Waals surface area contributed by atoms with Gasteiger partial charge in [-0.1, -0.05) is 133 Å². The van der Waals surface area contributed by atoms with Crippen LogP contribution in [0.4, 0.5) is 4.39 Å². The van der Waals surface area contributed by atoms with Crippen molar-refractivity contribution < 1.29 is 37.9 Å². The summed E-state index contributed by atoms with van der Waals surface area (Å²) in [5, 5.41) is 52.3. The van der Waals surface area contributed by atoms with Gasteiger partial charge >= 0.3 is 0 Å². The van der Waals surface area contributed by atoms with Crippen molar-refractivity contribution in [1.29, 1.82) is 0 Å². The van der Waals surface area contributed by atoms with Crippen molar-refractivity contribution >= 4 is 103 Å². The zero-order valence-corrected chi connectivity index (χ0v) is 85.3. The van der Waals surface area contributed by atoms with Gasteiger partial charge in [-0.05, 0) is 210 Å². The Labute approximate surface area is 865 Å². The highest BCUT2D eigenvalue weighted by atomic mass is 32.1. The minimum atomic E-state index is -0.250. The van der Waals surface area contributed by atoms with Crippen LogP contribution in [0.5, 0.6) is 5.75 Å². The molecular formula is C113H113FN18O7S6. The number of benzene rings is 5. The summed E-state index contributed by atoms with van der Waals surface area (Å²) in [5.41, 5.74) is 18.3. The van der Waals surface area contributed by atoms with Crippen LogP contribution in [0.1, 0.15) is 204 Å². The van der Waals surface area contributed by atoms with Gasteiger partial charge in [0, 0.05) is 184 Å². The summed E-state index contributed by atoms with van der Waals surface area (Å²) in [5.74, 6) is 1.89. The molecule has 25 nitrogen and oxygen atoms in total. The number of hydrogen-bond donors (Lipinski definition) is 6. The number of amides is 6. The average Bonchev–Trinajstić information content (AvgIpc) is 1.68. The van der Waals surface area contributed by atoms with E-state index in [1.807, 2.05) is 167 Å². The number of nitrogens with zero attached hydrogens (tertiary/aromatic N) is 12. The monoisotopic (exact) mass is 2040 g/mol. The van der Waals surface area contributed by atoms with Gasteiger partial charge in [0.05, 0.1) is 95.2 Å². The van der Waals surface area contributed by atoms with Crippen LogP contribution in [0.25, 0.3) is 62.6 Å². The Hall–Kier alpha value is -14.4. The molecule has 6 amide bonds. The van der Waals surface area contributed by atoms with Crippen LogP contribution in [0.3, 0.4) is 0 Å². The van der Waals surface area contributed by atoms with Gasteiger partial charge in [-0.25, -0.2) is 4.39 Å². The number of aromatic nitrogens is 12. The van der Waals surface area contributed by atoms with Gasteiger partial charge in [-0.2, -0.15) is 30.6 Å². The zero-order chi connectivity index (χ0) is 99.2. The van der Waals surface area contributed by atoms with Crippen LogP contribution in [0.2, 0.25) is 0 Å². The van der Waals surface area contributed by atoms with Crippen molar-refractivity contribution in [2.75, 3.05) is 52.4 Å². The second-order valence-corrected chi connectivity index (χ2v) is 42.5. The number of allylic oxidation sites excluding steroid dienone is 3. The van der Waals surface area contributed by atoms with Crippen molar-refractivity contribution in [1.82, 2.24) is 90.6 Å². The summed E-state index contributed by atoms with van der Waals surface area (Å²) in [7, 11) is 0. The third kappa shape index (κ3) is 24.8. The highest BCUT2D eigenvalue weighted by molar-refractivity contribution is 7.15. The summed E-state index contributed by atoms with van der Waals surface area (Å²) >= 11 is 9.47.